The van der Waals surface area contributed by atoms with Crippen LogP contribution >= 0.6 is 0 Å². The molecule has 1 N–H and O–H groups in total. The van der Waals surface area contributed by atoms with Crippen molar-refractivity contribution in [1.82, 2.24) is 5.32 Å². The Balaban J connectivity index is 1.31. The molecule has 5 rings (SSSR count). The van der Waals surface area contributed by atoms with E-state index in [0.717, 1.165) is 54.5 Å². The highest BCUT2D eigenvalue weighted by Crippen LogP contribution is 2.56. The van der Waals surface area contributed by atoms with Crippen LogP contribution < -0.4 is 10.1 Å². The highest BCUT2D eigenvalue weighted by molar-refractivity contribution is 6.00. The molecule has 2 aliphatic rings. The molecule has 6 heteroatoms. The second-order valence-corrected chi connectivity index (χ2v) is 11.2. The van der Waals surface area contributed by atoms with Gasteiger partial charge in [0.15, 0.2) is 5.60 Å². The molecule has 1 spiro atoms. The summed E-state index contributed by atoms with van der Waals surface area (Å²) >= 11 is 0. The average Bonchev–Trinajstić information content (AvgIpc) is 3.21. The largest absolute Gasteiger partial charge is 0.456 e. The van der Waals surface area contributed by atoms with Gasteiger partial charge in [0.25, 0.3) is 5.91 Å². The van der Waals surface area contributed by atoms with E-state index in [9.17, 15) is 9.59 Å². The molecule has 0 radical (unpaired) electrons. The quantitative estimate of drug-likeness (QED) is 0.203. The van der Waals surface area contributed by atoms with Crippen LogP contribution in [0.4, 0.5) is 0 Å². The molecule has 0 saturated heterocycles. The van der Waals surface area contributed by atoms with E-state index in [1.165, 1.54) is 12.8 Å². The van der Waals surface area contributed by atoms with Crippen molar-refractivity contribution in [3.05, 3.63) is 93.5 Å². The third-order valence-electron chi connectivity index (χ3n) is 7.69. The van der Waals surface area contributed by atoms with E-state index < -0.39 is 11.6 Å². The van der Waals surface area contributed by atoms with E-state index in [-0.39, 0.29) is 5.91 Å². The van der Waals surface area contributed by atoms with Crippen LogP contribution in [0.25, 0.3) is 0 Å². The lowest BCUT2D eigenvalue weighted by atomic mass is 9.77. The lowest BCUT2D eigenvalue weighted by Crippen LogP contribution is -2.33. The fraction of sp³-hybridized carbons (Fsp3) is 0.412. The Hall–Kier alpha value is -3.64. The topological polar surface area (TPSA) is 73.9 Å². The maximum Gasteiger partial charge on any atom is 0.340 e. The Labute approximate surface area is 237 Å². The number of carbonyl (C=O) groups excluding carboxylic acids is 2. The number of carbonyl (C=O) groups is 2. The molecule has 0 atom stereocenters. The Morgan fingerprint density at radius 3 is 2.10 bits per heavy atom. The van der Waals surface area contributed by atoms with Gasteiger partial charge < -0.3 is 19.5 Å². The molecule has 0 aliphatic carbocycles. The van der Waals surface area contributed by atoms with E-state index in [1.54, 1.807) is 12.1 Å². The van der Waals surface area contributed by atoms with E-state index in [1.807, 2.05) is 56.3 Å². The summed E-state index contributed by atoms with van der Waals surface area (Å²) in [6, 6.07) is 17.1. The molecule has 40 heavy (non-hydrogen) atoms. The molecular weight excluding hydrogens is 502 g/mol. The second-order valence-electron chi connectivity index (χ2n) is 11.2. The lowest BCUT2D eigenvalue weighted by molar-refractivity contribution is 0.0224. The van der Waals surface area contributed by atoms with Gasteiger partial charge >= 0.3 is 5.97 Å². The first kappa shape index (κ1) is 27.9. The lowest BCUT2D eigenvalue weighted by Gasteiger charge is -2.36. The number of ether oxygens (including phenoxy) is 3. The summed E-state index contributed by atoms with van der Waals surface area (Å²) in [5.41, 5.74) is 4.08. The molecule has 1 amide bonds. The number of fused-ring (bicyclic) bond motifs is 6. The maximum atomic E-state index is 13.2. The molecule has 0 saturated carbocycles. The van der Waals surface area contributed by atoms with Crippen molar-refractivity contribution in [1.29, 1.82) is 0 Å². The molecule has 2 heterocycles. The molecule has 2 aliphatic heterocycles. The van der Waals surface area contributed by atoms with E-state index in [0.29, 0.717) is 40.8 Å². The van der Waals surface area contributed by atoms with Gasteiger partial charge in [0.2, 0.25) is 0 Å². The number of aryl methyl sites for hydroxylation is 2. The van der Waals surface area contributed by atoms with Crippen molar-refractivity contribution in [2.24, 2.45) is 0 Å². The zero-order valence-electron chi connectivity index (χ0n) is 24.0. The van der Waals surface area contributed by atoms with Crippen LogP contribution in [0, 0.1) is 13.8 Å². The van der Waals surface area contributed by atoms with Crippen LogP contribution in [0.1, 0.15) is 101 Å². The first-order chi connectivity index (χ1) is 19.3. The number of nitrogens with one attached hydrogen (secondary N) is 1. The van der Waals surface area contributed by atoms with Crippen LogP contribution in [0.2, 0.25) is 0 Å². The van der Waals surface area contributed by atoms with Gasteiger partial charge in [-0.2, -0.15) is 0 Å². The first-order valence-electron chi connectivity index (χ1n) is 14.5. The van der Waals surface area contributed by atoms with Gasteiger partial charge in [-0.1, -0.05) is 49.9 Å². The molecule has 3 aromatic rings. The van der Waals surface area contributed by atoms with Crippen molar-refractivity contribution in [2.45, 2.75) is 77.9 Å². The molecule has 0 fully saturated rings. The smallest absolute Gasteiger partial charge is 0.340 e. The van der Waals surface area contributed by atoms with Crippen molar-refractivity contribution in [3.63, 3.8) is 0 Å². The highest BCUT2D eigenvalue weighted by Gasteiger charge is 2.53. The highest BCUT2D eigenvalue weighted by atomic mass is 16.6. The van der Waals surface area contributed by atoms with E-state index >= 15 is 0 Å². The number of unbranched alkanes of at least 4 members (excludes halogenated alkanes) is 5. The van der Waals surface area contributed by atoms with Gasteiger partial charge in [0.1, 0.15) is 11.5 Å². The Kier molecular flexibility index (Phi) is 8.27. The van der Waals surface area contributed by atoms with Crippen molar-refractivity contribution < 1.29 is 23.8 Å². The number of hydrogen-bond donors (Lipinski definition) is 1. The Morgan fingerprint density at radius 1 is 0.825 bits per heavy atom. The fourth-order valence-corrected chi connectivity index (χ4v) is 5.63. The third-order valence-corrected chi connectivity index (χ3v) is 7.69. The molecule has 6 nitrogen and oxygen atoms in total. The number of hydrogen-bond acceptors (Lipinski definition) is 5. The first-order valence-corrected chi connectivity index (χ1v) is 14.5. The molecule has 0 unspecified atom stereocenters. The zero-order valence-corrected chi connectivity index (χ0v) is 24.0. The molecule has 0 aromatic heterocycles. The maximum absolute atomic E-state index is 13.2. The summed E-state index contributed by atoms with van der Waals surface area (Å²) < 4.78 is 18.1. The zero-order chi connectivity index (χ0) is 28.3. The van der Waals surface area contributed by atoms with Gasteiger partial charge in [-0.25, -0.2) is 4.79 Å². The summed E-state index contributed by atoms with van der Waals surface area (Å²) in [5.74, 6) is 0.753. The summed E-state index contributed by atoms with van der Waals surface area (Å²) in [5, 5.41) is 3.06. The minimum atomic E-state index is -1.17. The van der Waals surface area contributed by atoms with Gasteiger partial charge in [0, 0.05) is 35.4 Å². The summed E-state index contributed by atoms with van der Waals surface area (Å²) in [6.45, 7) is 9.57. The van der Waals surface area contributed by atoms with Crippen molar-refractivity contribution >= 4 is 11.9 Å². The average molecular weight is 542 g/mol. The van der Waals surface area contributed by atoms with Crippen LogP contribution in [0.15, 0.2) is 54.6 Å². The summed E-state index contributed by atoms with van der Waals surface area (Å²) in [4.78, 5) is 26.4. The van der Waals surface area contributed by atoms with E-state index in [4.69, 9.17) is 14.2 Å². The minimum Gasteiger partial charge on any atom is -0.456 e. The monoisotopic (exact) mass is 541 g/mol. The molecule has 3 aromatic carbocycles. The van der Waals surface area contributed by atoms with Gasteiger partial charge in [-0.05, 0) is 82.0 Å². The second kappa shape index (κ2) is 11.8. The van der Waals surface area contributed by atoms with Gasteiger partial charge in [-0.3, -0.25) is 4.79 Å². The standard InChI is InChI=1S/C34H39NO5/c1-22(2)38-18-10-8-6-5-7-9-17-35-32(36)25-13-14-26-29(21-25)34(40-33(26)37)27-15-11-23(3)19-30(27)39-31-20-24(4)12-16-28(31)34/h11-16,19-22H,5-10,17-18H2,1-4H3,(H,35,36). The SMILES string of the molecule is Cc1ccc2c(c1)Oc1cc(C)ccc1C21OC(=O)c2ccc(C(=O)NCCCCCCCCOC(C)C)cc21. The van der Waals surface area contributed by atoms with Crippen LogP contribution in [-0.4, -0.2) is 31.1 Å². The van der Waals surface area contributed by atoms with E-state index in [2.05, 4.69) is 19.2 Å². The Bertz CT molecular complexity index is 1360. The predicted octanol–water partition coefficient (Wildman–Crippen LogP) is 7.37. The van der Waals surface area contributed by atoms with Crippen LogP contribution in [0.5, 0.6) is 11.5 Å². The predicted molar refractivity (Wildman–Crippen MR) is 155 cm³/mol. The summed E-state index contributed by atoms with van der Waals surface area (Å²) in [6.07, 6.45) is 6.91. The molecule has 210 valence electrons. The number of esters is 1. The van der Waals surface area contributed by atoms with Crippen molar-refractivity contribution in [2.75, 3.05) is 13.2 Å². The normalized spacial score (nSPS) is 14.4. The van der Waals surface area contributed by atoms with Gasteiger partial charge in [0.05, 0.1) is 11.7 Å². The number of benzene rings is 3. The minimum absolute atomic E-state index is 0.150. The molecule has 0 bridgehead atoms. The fourth-order valence-electron chi connectivity index (χ4n) is 5.63. The summed E-state index contributed by atoms with van der Waals surface area (Å²) in [7, 11) is 0. The third kappa shape index (κ3) is 5.50. The van der Waals surface area contributed by atoms with Gasteiger partial charge in [-0.15, -0.1) is 0 Å². The number of amides is 1. The van der Waals surface area contributed by atoms with Crippen LogP contribution in [0.3, 0.4) is 0 Å². The molecular formula is C34H39NO5. The van der Waals surface area contributed by atoms with Crippen LogP contribution in [-0.2, 0) is 15.1 Å². The Morgan fingerprint density at radius 2 is 1.45 bits per heavy atom. The number of rotatable bonds is 11. The van der Waals surface area contributed by atoms with Crippen molar-refractivity contribution in [3.8, 4) is 11.5 Å².